The molecule has 2 aromatic heterocycles. The summed E-state index contributed by atoms with van der Waals surface area (Å²) in [5.41, 5.74) is 1.92. The average molecular weight is 425 g/mol. The van der Waals surface area contributed by atoms with Crippen LogP contribution in [0.5, 0.6) is 0 Å². The number of ether oxygens (including phenoxy) is 2. The molecule has 1 N–H and O–H groups in total. The summed E-state index contributed by atoms with van der Waals surface area (Å²) in [5.74, 6) is 0.157. The van der Waals surface area contributed by atoms with Crippen molar-refractivity contribution in [1.29, 1.82) is 0 Å². The van der Waals surface area contributed by atoms with Gasteiger partial charge in [0.15, 0.2) is 5.82 Å². The lowest BCUT2D eigenvalue weighted by Crippen LogP contribution is -2.21. The number of anilines is 2. The third-order valence-corrected chi connectivity index (χ3v) is 5.18. The van der Waals surface area contributed by atoms with Crippen molar-refractivity contribution in [3.8, 4) is 11.4 Å². The Morgan fingerprint density at radius 3 is 2.68 bits per heavy atom. The van der Waals surface area contributed by atoms with E-state index < -0.39 is 5.82 Å². The van der Waals surface area contributed by atoms with Crippen LogP contribution in [0.2, 0.25) is 0 Å². The number of imidazole rings is 1. The molecular formula is C22H24FN5O3. The van der Waals surface area contributed by atoms with Gasteiger partial charge < -0.3 is 19.4 Å². The molecule has 1 saturated heterocycles. The number of esters is 1. The lowest BCUT2D eigenvalue weighted by molar-refractivity contribution is 0.0526. The Labute approximate surface area is 179 Å². The number of carbonyl (C=O) groups is 1. The first-order valence-electron chi connectivity index (χ1n) is 10.3. The number of hydrogen-bond donors (Lipinski definition) is 1. The Balaban J connectivity index is 1.59. The highest BCUT2D eigenvalue weighted by Gasteiger charge is 2.23. The highest BCUT2D eigenvalue weighted by molar-refractivity contribution is 5.89. The quantitative estimate of drug-likeness (QED) is 0.596. The van der Waals surface area contributed by atoms with Crippen LogP contribution in [0, 0.1) is 12.7 Å². The molecule has 4 rings (SSSR count). The molecule has 0 radical (unpaired) electrons. The molecule has 0 amide bonds. The fraction of sp³-hybridized carbons (Fsp3) is 0.364. The molecule has 31 heavy (non-hydrogen) atoms. The van der Waals surface area contributed by atoms with Crippen LogP contribution in [0.4, 0.5) is 16.0 Å². The van der Waals surface area contributed by atoms with E-state index in [0.717, 1.165) is 24.9 Å². The predicted molar refractivity (Wildman–Crippen MR) is 113 cm³/mol. The molecule has 162 valence electrons. The van der Waals surface area contributed by atoms with E-state index in [9.17, 15) is 9.18 Å². The van der Waals surface area contributed by atoms with Crippen molar-refractivity contribution in [3.63, 3.8) is 0 Å². The van der Waals surface area contributed by atoms with Crippen LogP contribution in [0.1, 0.15) is 42.0 Å². The van der Waals surface area contributed by atoms with Crippen LogP contribution in [0.15, 0.2) is 36.7 Å². The molecule has 0 bridgehead atoms. The van der Waals surface area contributed by atoms with Gasteiger partial charge in [-0.15, -0.1) is 0 Å². The zero-order valence-corrected chi connectivity index (χ0v) is 17.5. The van der Waals surface area contributed by atoms with E-state index in [1.807, 2.05) is 11.5 Å². The van der Waals surface area contributed by atoms with E-state index >= 15 is 0 Å². The van der Waals surface area contributed by atoms with Crippen LogP contribution >= 0.6 is 0 Å². The molecule has 1 aliphatic rings. The van der Waals surface area contributed by atoms with Crippen LogP contribution in [-0.2, 0) is 9.47 Å². The number of aryl methyl sites for hydroxylation is 1. The summed E-state index contributed by atoms with van der Waals surface area (Å²) in [4.78, 5) is 24.7. The maximum absolute atomic E-state index is 14.7. The van der Waals surface area contributed by atoms with Crippen molar-refractivity contribution < 1.29 is 18.7 Å². The number of nitrogens with zero attached hydrogens (tertiary/aromatic N) is 4. The van der Waals surface area contributed by atoms with E-state index in [1.165, 1.54) is 0 Å². The summed E-state index contributed by atoms with van der Waals surface area (Å²) in [6.45, 7) is 5.31. The van der Waals surface area contributed by atoms with E-state index in [0.29, 0.717) is 36.8 Å². The molecule has 3 aromatic rings. The minimum atomic E-state index is -0.517. The number of carbonyl (C=O) groups excluding carboxylic acids is 1. The number of halogens is 1. The lowest BCUT2D eigenvalue weighted by Gasteiger charge is -2.26. The fourth-order valence-electron chi connectivity index (χ4n) is 3.67. The molecule has 1 aromatic carbocycles. The standard InChI is InChI=1S/C22H24FN5O3/c1-3-31-21(29)15-4-6-16(7-5-15)26-22-25-12-18(23)20(27-22)19-13-24-14(2)28(19)17-8-10-30-11-9-17/h4-7,12-13,17H,3,8-11H2,1-2H3,(H,25,26,27). The second kappa shape index (κ2) is 9.22. The molecule has 0 unspecified atom stereocenters. The van der Waals surface area contributed by atoms with Crippen molar-refractivity contribution in [2.24, 2.45) is 0 Å². The molecule has 1 fully saturated rings. The van der Waals surface area contributed by atoms with Gasteiger partial charge in [-0.1, -0.05) is 0 Å². The summed E-state index contributed by atoms with van der Waals surface area (Å²) in [6, 6.07) is 6.92. The number of rotatable bonds is 6. The normalized spacial score (nSPS) is 14.4. The molecule has 8 nitrogen and oxygen atoms in total. The van der Waals surface area contributed by atoms with Crippen molar-refractivity contribution in [3.05, 3.63) is 53.9 Å². The number of nitrogens with one attached hydrogen (secondary N) is 1. The first kappa shape index (κ1) is 20.9. The van der Waals surface area contributed by atoms with Crippen LogP contribution in [-0.4, -0.2) is 45.3 Å². The van der Waals surface area contributed by atoms with Crippen LogP contribution in [0.3, 0.4) is 0 Å². The topological polar surface area (TPSA) is 91.2 Å². The third kappa shape index (κ3) is 4.56. The SMILES string of the molecule is CCOC(=O)c1ccc(Nc2ncc(F)c(-c3cnc(C)n3C3CCOCC3)n2)cc1. The van der Waals surface area contributed by atoms with Gasteiger partial charge in [0.25, 0.3) is 0 Å². The van der Waals surface area contributed by atoms with Gasteiger partial charge in [0, 0.05) is 24.9 Å². The van der Waals surface area contributed by atoms with E-state index in [2.05, 4.69) is 20.3 Å². The molecule has 0 atom stereocenters. The van der Waals surface area contributed by atoms with Gasteiger partial charge in [0.1, 0.15) is 11.5 Å². The molecule has 0 aliphatic carbocycles. The molecular weight excluding hydrogens is 401 g/mol. The molecule has 0 saturated carbocycles. The zero-order chi connectivity index (χ0) is 21.8. The Morgan fingerprint density at radius 1 is 1.23 bits per heavy atom. The summed E-state index contributed by atoms with van der Waals surface area (Å²) < 4.78 is 27.2. The predicted octanol–water partition coefficient (Wildman–Crippen LogP) is 4.06. The van der Waals surface area contributed by atoms with E-state index in [-0.39, 0.29) is 23.7 Å². The average Bonchev–Trinajstić information content (AvgIpc) is 3.17. The minimum absolute atomic E-state index is 0.187. The minimum Gasteiger partial charge on any atom is -0.462 e. The largest absolute Gasteiger partial charge is 0.462 e. The molecule has 9 heteroatoms. The van der Waals surface area contributed by atoms with Crippen molar-refractivity contribution in [2.45, 2.75) is 32.7 Å². The van der Waals surface area contributed by atoms with Crippen molar-refractivity contribution in [1.82, 2.24) is 19.5 Å². The van der Waals surface area contributed by atoms with Gasteiger partial charge in [-0.3, -0.25) is 0 Å². The summed E-state index contributed by atoms with van der Waals surface area (Å²) >= 11 is 0. The first-order valence-corrected chi connectivity index (χ1v) is 10.3. The fourth-order valence-corrected chi connectivity index (χ4v) is 3.67. The Kier molecular flexibility index (Phi) is 6.22. The highest BCUT2D eigenvalue weighted by Crippen LogP contribution is 2.31. The smallest absolute Gasteiger partial charge is 0.338 e. The second-order valence-electron chi connectivity index (χ2n) is 7.22. The van der Waals surface area contributed by atoms with Gasteiger partial charge in [0.2, 0.25) is 5.95 Å². The number of hydrogen-bond acceptors (Lipinski definition) is 7. The van der Waals surface area contributed by atoms with Crippen molar-refractivity contribution >= 4 is 17.6 Å². The Hall–Kier alpha value is -3.33. The summed E-state index contributed by atoms with van der Waals surface area (Å²) in [6.07, 6.45) is 4.48. The Bertz CT molecular complexity index is 1060. The van der Waals surface area contributed by atoms with Gasteiger partial charge in [0.05, 0.1) is 30.3 Å². The lowest BCUT2D eigenvalue weighted by atomic mass is 10.1. The number of benzene rings is 1. The van der Waals surface area contributed by atoms with Crippen molar-refractivity contribution in [2.75, 3.05) is 25.1 Å². The first-order chi connectivity index (χ1) is 15.1. The van der Waals surface area contributed by atoms with Gasteiger partial charge in [-0.2, -0.15) is 0 Å². The van der Waals surface area contributed by atoms with E-state index in [4.69, 9.17) is 9.47 Å². The highest BCUT2D eigenvalue weighted by atomic mass is 19.1. The van der Waals surface area contributed by atoms with Gasteiger partial charge >= 0.3 is 5.97 Å². The van der Waals surface area contributed by atoms with Crippen LogP contribution in [0.25, 0.3) is 11.4 Å². The zero-order valence-electron chi connectivity index (χ0n) is 17.5. The maximum atomic E-state index is 14.7. The molecule has 3 heterocycles. The van der Waals surface area contributed by atoms with Gasteiger partial charge in [-0.05, 0) is 51.0 Å². The third-order valence-electron chi connectivity index (χ3n) is 5.18. The second-order valence-corrected chi connectivity index (χ2v) is 7.22. The molecule has 0 spiro atoms. The molecule has 1 aliphatic heterocycles. The maximum Gasteiger partial charge on any atom is 0.338 e. The van der Waals surface area contributed by atoms with Gasteiger partial charge in [-0.25, -0.2) is 24.1 Å². The number of aromatic nitrogens is 4. The summed E-state index contributed by atoms with van der Waals surface area (Å²) in [7, 11) is 0. The van der Waals surface area contributed by atoms with Crippen LogP contribution < -0.4 is 5.32 Å². The van der Waals surface area contributed by atoms with E-state index in [1.54, 1.807) is 37.4 Å². The Morgan fingerprint density at radius 2 is 1.97 bits per heavy atom. The summed E-state index contributed by atoms with van der Waals surface area (Å²) in [5, 5.41) is 3.05. The monoisotopic (exact) mass is 425 g/mol.